The number of hydrogen-bond donors (Lipinski definition) is 2. The third-order valence-corrected chi connectivity index (χ3v) is 4.07. The first kappa shape index (κ1) is 20.7. The van der Waals surface area contributed by atoms with Crippen molar-refractivity contribution in [1.29, 1.82) is 0 Å². The van der Waals surface area contributed by atoms with Crippen molar-refractivity contribution in [2.75, 3.05) is 44.9 Å². The van der Waals surface area contributed by atoms with Crippen LogP contribution in [0.4, 0.5) is 11.4 Å². The SMILES string of the molecule is COC(=O)c1ccc(Cl)c(NC(=O)c2cc(NCCCN(C)C)ccn2)c1. The monoisotopic (exact) mass is 390 g/mol. The van der Waals surface area contributed by atoms with Gasteiger partial charge < -0.3 is 20.3 Å². The third-order valence-electron chi connectivity index (χ3n) is 3.74. The van der Waals surface area contributed by atoms with Gasteiger partial charge in [-0.15, -0.1) is 0 Å². The van der Waals surface area contributed by atoms with E-state index in [1.807, 2.05) is 14.1 Å². The normalized spacial score (nSPS) is 10.6. The maximum Gasteiger partial charge on any atom is 0.337 e. The number of rotatable bonds is 8. The molecule has 8 heteroatoms. The standard InChI is InChI=1S/C19H23ClN4O3/c1-24(2)10-4-8-21-14-7-9-22-17(12-14)18(25)23-16-11-13(19(26)27-3)5-6-15(16)20/h5-7,9,11-12H,4,8,10H2,1-3H3,(H,21,22)(H,23,25). The quantitative estimate of drug-likeness (QED) is 0.532. The summed E-state index contributed by atoms with van der Waals surface area (Å²) in [5, 5.41) is 6.26. The molecular formula is C19H23ClN4O3. The smallest absolute Gasteiger partial charge is 0.337 e. The van der Waals surface area contributed by atoms with Crippen molar-refractivity contribution in [2.24, 2.45) is 0 Å². The van der Waals surface area contributed by atoms with Crippen LogP contribution in [0, 0.1) is 0 Å². The number of amides is 1. The lowest BCUT2D eigenvalue weighted by atomic mass is 10.2. The number of halogens is 1. The Hall–Kier alpha value is -2.64. The van der Waals surface area contributed by atoms with E-state index in [0.29, 0.717) is 16.3 Å². The summed E-state index contributed by atoms with van der Waals surface area (Å²) in [4.78, 5) is 30.4. The lowest BCUT2D eigenvalue weighted by molar-refractivity contribution is 0.0600. The van der Waals surface area contributed by atoms with E-state index in [4.69, 9.17) is 11.6 Å². The fourth-order valence-corrected chi connectivity index (χ4v) is 2.51. The van der Waals surface area contributed by atoms with E-state index in [9.17, 15) is 9.59 Å². The molecule has 0 saturated heterocycles. The zero-order chi connectivity index (χ0) is 19.8. The van der Waals surface area contributed by atoms with Crippen LogP contribution in [0.15, 0.2) is 36.5 Å². The first-order chi connectivity index (χ1) is 12.9. The molecule has 2 aromatic rings. The highest BCUT2D eigenvalue weighted by Crippen LogP contribution is 2.24. The number of carbonyl (C=O) groups excluding carboxylic acids is 2. The zero-order valence-electron chi connectivity index (χ0n) is 15.6. The lowest BCUT2D eigenvalue weighted by Crippen LogP contribution is -2.17. The Balaban J connectivity index is 2.06. The van der Waals surface area contributed by atoms with Gasteiger partial charge in [-0.3, -0.25) is 9.78 Å². The summed E-state index contributed by atoms with van der Waals surface area (Å²) >= 11 is 6.11. The number of nitrogens with one attached hydrogen (secondary N) is 2. The largest absolute Gasteiger partial charge is 0.465 e. The summed E-state index contributed by atoms with van der Waals surface area (Å²) in [6, 6.07) is 8.00. The molecule has 0 saturated carbocycles. The number of methoxy groups -OCH3 is 1. The number of carbonyl (C=O) groups is 2. The van der Waals surface area contributed by atoms with Gasteiger partial charge in [-0.2, -0.15) is 0 Å². The molecule has 0 radical (unpaired) electrons. The van der Waals surface area contributed by atoms with Gasteiger partial charge in [0, 0.05) is 18.4 Å². The van der Waals surface area contributed by atoms with E-state index < -0.39 is 11.9 Å². The van der Waals surface area contributed by atoms with Crippen LogP contribution in [0.3, 0.4) is 0 Å². The van der Waals surface area contributed by atoms with Gasteiger partial charge in [-0.25, -0.2) is 4.79 Å². The molecule has 1 aromatic heterocycles. The van der Waals surface area contributed by atoms with Crippen molar-refractivity contribution in [1.82, 2.24) is 9.88 Å². The maximum atomic E-state index is 12.5. The Morgan fingerprint density at radius 3 is 2.70 bits per heavy atom. The van der Waals surface area contributed by atoms with Crippen LogP contribution in [-0.4, -0.2) is 56.1 Å². The van der Waals surface area contributed by atoms with Crippen molar-refractivity contribution in [3.05, 3.63) is 52.8 Å². The number of ether oxygens (including phenoxy) is 1. The van der Waals surface area contributed by atoms with E-state index in [-0.39, 0.29) is 5.69 Å². The van der Waals surface area contributed by atoms with Gasteiger partial charge in [0.15, 0.2) is 0 Å². The predicted molar refractivity (Wildman–Crippen MR) is 107 cm³/mol. The Labute approximate surface area is 163 Å². The molecule has 2 rings (SSSR count). The van der Waals surface area contributed by atoms with Crippen LogP contribution in [-0.2, 0) is 4.74 Å². The third kappa shape index (κ3) is 6.23. The molecule has 0 fully saturated rings. The Kier molecular flexibility index (Phi) is 7.57. The van der Waals surface area contributed by atoms with Gasteiger partial charge in [0.2, 0.25) is 0 Å². The number of esters is 1. The average Bonchev–Trinajstić information content (AvgIpc) is 2.66. The topological polar surface area (TPSA) is 83.6 Å². The lowest BCUT2D eigenvalue weighted by Gasteiger charge is -2.12. The second kappa shape index (κ2) is 9.89. The van der Waals surface area contributed by atoms with Crippen molar-refractivity contribution < 1.29 is 14.3 Å². The molecule has 0 unspecified atom stereocenters. The fraction of sp³-hybridized carbons (Fsp3) is 0.316. The second-order valence-electron chi connectivity index (χ2n) is 6.15. The molecule has 1 amide bonds. The number of benzene rings is 1. The molecule has 1 heterocycles. The number of hydrogen-bond acceptors (Lipinski definition) is 6. The molecule has 0 aliphatic rings. The Morgan fingerprint density at radius 2 is 2.00 bits per heavy atom. The second-order valence-corrected chi connectivity index (χ2v) is 6.56. The molecule has 0 bridgehead atoms. The highest BCUT2D eigenvalue weighted by Gasteiger charge is 2.13. The van der Waals surface area contributed by atoms with E-state index in [0.717, 1.165) is 25.2 Å². The molecule has 7 nitrogen and oxygen atoms in total. The fourth-order valence-electron chi connectivity index (χ4n) is 2.34. The van der Waals surface area contributed by atoms with Gasteiger partial charge in [0.1, 0.15) is 5.69 Å². The van der Waals surface area contributed by atoms with E-state index >= 15 is 0 Å². The highest BCUT2D eigenvalue weighted by atomic mass is 35.5. The highest BCUT2D eigenvalue weighted by molar-refractivity contribution is 6.34. The van der Waals surface area contributed by atoms with Gasteiger partial charge in [0.25, 0.3) is 5.91 Å². The summed E-state index contributed by atoms with van der Waals surface area (Å²) in [6.45, 7) is 1.76. The van der Waals surface area contributed by atoms with Crippen molar-refractivity contribution in [3.8, 4) is 0 Å². The first-order valence-electron chi connectivity index (χ1n) is 8.44. The molecule has 144 valence electrons. The van der Waals surface area contributed by atoms with Crippen LogP contribution in [0.5, 0.6) is 0 Å². The molecule has 0 aliphatic heterocycles. The Bertz CT molecular complexity index is 811. The summed E-state index contributed by atoms with van der Waals surface area (Å²) in [5.74, 6) is -0.930. The average molecular weight is 391 g/mol. The molecule has 0 spiro atoms. The molecule has 2 N–H and O–H groups in total. The molecule has 0 aliphatic carbocycles. The first-order valence-corrected chi connectivity index (χ1v) is 8.82. The molecular weight excluding hydrogens is 368 g/mol. The minimum Gasteiger partial charge on any atom is -0.465 e. The van der Waals surface area contributed by atoms with Gasteiger partial charge in [-0.05, 0) is 57.4 Å². The summed E-state index contributed by atoms with van der Waals surface area (Å²) in [5.41, 5.74) is 1.66. The van der Waals surface area contributed by atoms with Crippen LogP contribution in [0.1, 0.15) is 27.3 Å². The van der Waals surface area contributed by atoms with Crippen LogP contribution in [0.2, 0.25) is 5.02 Å². The van der Waals surface area contributed by atoms with Crippen molar-refractivity contribution >= 4 is 34.9 Å². The zero-order valence-corrected chi connectivity index (χ0v) is 16.3. The number of pyridine rings is 1. The molecule has 27 heavy (non-hydrogen) atoms. The summed E-state index contributed by atoms with van der Waals surface area (Å²) < 4.78 is 4.68. The van der Waals surface area contributed by atoms with E-state index in [1.54, 1.807) is 18.3 Å². The van der Waals surface area contributed by atoms with Crippen LogP contribution < -0.4 is 10.6 Å². The summed E-state index contributed by atoms with van der Waals surface area (Å²) in [7, 11) is 5.33. The maximum absolute atomic E-state index is 12.5. The van der Waals surface area contributed by atoms with Crippen LogP contribution in [0.25, 0.3) is 0 Å². The molecule has 0 atom stereocenters. The summed E-state index contributed by atoms with van der Waals surface area (Å²) in [6.07, 6.45) is 2.54. The molecule has 1 aromatic carbocycles. The Morgan fingerprint density at radius 1 is 1.22 bits per heavy atom. The van der Waals surface area contributed by atoms with Crippen molar-refractivity contribution in [2.45, 2.75) is 6.42 Å². The van der Waals surface area contributed by atoms with Gasteiger partial charge in [-0.1, -0.05) is 11.6 Å². The van der Waals surface area contributed by atoms with E-state index in [2.05, 4.69) is 25.3 Å². The minimum absolute atomic E-state index is 0.243. The van der Waals surface area contributed by atoms with E-state index in [1.165, 1.54) is 25.3 Å². The minimum atomic E-state index is -0.510. The van der Waals surface area contributed by atoms with Crippen LogP contribution >= 0.6 is 11.6 Å². The van der Waals surface area contributed by atoms with Crippen molar-refractivity contribution in [3.63, 3.8) is 0 Å². The number of aromatic nitrogens is 1. The number of anilines is 2. The number of nitrogens with zero attached hydrogens (tertiary/aromatic N) is 2. The van der Waals surface area contributed by atoms with Gasteiger partial charge in [0.05, 0.1) is 23.4 Å². The van der Waals surface area contributed by atoms with Gasteiger partial charge >= 0.3 is 5.97 Å². The predicted octanol–water partition coefficient (Wildman–Crippen LogP) is 3.14.